The molecule has 1 rings (SSSR count). The van der Waals surface area contributed by atoms with Gasteiger partial charge in [-0.2, -0.15) is 0 Å². The molecule has 0 aliphatic heterocycles. The van der Waals surface area contributed by atoms with Crippen molar-refractivity contribution in [3.8, 4) is 0 Å². The Morgan fingerprint density at radius 3 is 2.74 bits per heavy atom. The van der Waals surface area contributed by atoms with Crippen molar-refractivity contribution in [2.45, 2.75) is 27.3 Å². The fraction of sp³-hybridized carbons (Fsp3) is 0.385. The summed E-state index contributed by atoms with van der Waals surface area (Å²) in [6.45, 7) is 5.46. The molecule has 0 aliphatic rings. The van der Waals surface area contributed by atoms with Gasteiger partial charge in [0.1, 0.15) is 5.71 Å². The van der Waals surface area contributed by atoms with Gasteiger partial charge in [-0.3, -0.25) is 15.1 Å². The van der Waals surface area contributed by atoms with E-state index in [1.54, 1.807) is 32.9 Å². The SMILES string of the molecule is CCOC(=O)C(C)=NCc1ccc(C)c([N+](=O)[O-])c1. The van der Waals surface area contributed by atoms with Crippen molar-refractivity contribution < 1.29 is 14.5 Å². The second kappa shape index (κ2) is 6.63. The molecule has 0 fully saturated rings. The molecule has 0 radical (unpaired) electrons. The molecule has 1 aromatic carbocycles. The predicted octanol–water partition coefficient (Wildman–Crippen LogP) is 2.43. The molecular formula is C13H16N2O4. The van der Waals surface area contributed by atoms with Gasteiger partial charge in [0.05, 0.1) is 18.1 Å². The first-order valence-corrected chi connectivity index (χ1v) is 5.87. The lowest BCUT2D eigenvalue weighted by Crippen LogP contribution is -2.14. The summed E-state index contributed by atoms with van der Waals surface area (Å²) in [7, 11) is 0. The lowest BCUT2D eigenvalue weighted by Gasteiger charge is -2.02. The van der Waals surface area contributed by atoms with Crippen LogP contribution in [0.2, 0.25) is 0 Å². The van der Waals surface area contributed by atoms with Crippen molar-refractivity contribution in [3.05, 3.63) is 39.4 Å². The molecule has 102 valence electrons. The summed E-state index contributed by atoms with van der Waals surface area (Å²) in [5.74, 6) is -0.468. The number of esters is 1. The highest BCUT2D eigenvalue weighted by atomic mass is 16.6. The molecule has 0 spiro atoms. The van der Waals surface area contributed by atoms with Gasteiger partial charge >= 0.3 is 5.97 Å². The Kier molecular flexibility index (Phi) is 5.17. The van der Waals surface area contributed by atoms with Crippen LogP contribution in [-0.2, 0) is 16.1 Å². The number of rotatable bonds is 5. The largest absolute Gasteiger partial charge is 0.462 e. The number of aryl methyl sites for hydroxylation is 1. The summed E-state index contributed by atoms with van der Waals surface area (Å²) < 4.78 is 4.80. The summed E-state index contributed by atoms with van der Waals surface area (Å²) in [6, 6.07) is 4.89. The molecule has 0 unspecified atom stereocenters. The average molecular weight is 264 g/mol. The quantitative estimate of drug-likeness (QED) is 0.354. The minimum Gasteiger partial charge on any atom is -0.462 e. The van der Waals surface area contributed by atoms with Crippen LogP contribution in [0.1, 0.15) is 25.0 Å². The normalized spacial score (nSPS) is 11.2. The maximum atomic E-state index is 11.3. The number of aliphatic imine (C=N–C) groups is 1. The maximum Gasteiger partial charge on any atom is 0.351 e. The number of nitro groups is 1. The lowest BCUT2D eigenvalue weighted by atomic mass is 10.1. The van der Waals surface area contributed by atoms with Gasteiger partial charge in [0.15, 0.2) is 0 Å². The third kappa shape index (κ3) is 4.17. The summed E-state index contributed by atoms with van der Waals surface area (Å²) >= 11 is 0. The zero-order chi connectivity index (χ0) is 14.4. The van der Waals surface area contributed by atoms with Gasteiger partial charge in [0.25, 0.3) is 5.69 Å². The van der Waals surface area contributed by atoms with E-state index in [1.165, 1.54) is 6.07 Å². The molecule has 0 aliphatic carbocycles. The van der Waals surface area contributed by atoms with Crippen LogP contribution in [-0.4, -0.2) is 23.2 Å². The smallest absolute Gasteiger partial charge is 0.351 e. The molecule has 0 bridgehead atoms. The fourth-order valence-corrected chi connectivity index (χ4v) is 1.46. The molecule has 0 amide bonds. The molecule has 6 heteroatoms. The van der Waals surface area contributed by atoms with E-state index in [-0.39, 0.29) is 17.9 Å². The van der Waals surface area contributed by atoms with E-state index in [2.05, 4.69) is 4.99 Å². The minimum absolute atomic E-state index is 0.0569. The van der Waals surface area contributed by atoms with E-state index in [1.807, 2.05) is 0 Å². The van der Waals surface area contributed by atoms with Crippen molar-refractivity contribution in [2.24, 2.45) is 4.99 Å². The Balaban J connectivity index is 2.83. The van der Waals surface area contributed by atoms with Gasteiger partial charge in [0.2, 0.25) is 0 Å². The Morgan fingerprint density at radius 1 is 1.47 bits per heavy atom. The molecule has 0 N–H and O–H groups in total. The molecule has 0 saturated carbocycles. The standard InChI is InChI=1S/C13H16N2O4/c1-4-19-13(16)10(3)14-8-11-6-5-9(2)12(7-11)15(17)18/h5-7H,4,8H2,1-3H3. The number of carbonyl (C=O) groups is 1. The highest BCUT2D eigenvalue weighted by Crippen LogP contribution is 2.19. The Bertz CT molecular complexity index is 523. The summed E-state index contributed by atoms with van der Waals surface area (Å²) in [6.07, 6.45) is 0. The first-order chi connectivity index (χ1) is 8.95. The van der Waals surface area contributed by atoms with Crippen LogP contribution in [0.4, 0.5) is 5.69 Å². The Morgan fingerprint density at radius 2 is 2.16 bits per heavy atom. The maximum absolute atomic E-state index is 11.3. The van der Waals surface area contributed by atoms with E-state index >= 15 is 0 Å². The predicted molar refractivity (Wildman–Crippen MR) is 71.3 cm³/mol. The molecule has 0 heterocycles. The monoisotopic (exact) mass is 264 g/mol. The van der Waals surface area contributed by atoms with Crippen molar-refractivity contribution >= 4 is 17.4 Å². The lowest BCUT2D eigenvalue weighted by molar-refractivity contribution is -0.385. The second-order valence-corrected chi connectivity index (χ2v) is 4.00. The summed E-state index contributed by atoms with van der Waals surface area (Å²) in [4.78, 5) is 25.8. The van der Waals surface area contributed by atoms with E-state index in [9.17, 15) is 14.9 Å². The zero-order valence-electron chi connectivity index (χ0n) is 11.2. The van der Waals surface area contributed by atoms with Crippen LogP contribution in [0.25, 0.3) is 0 Å². The number of hydrogen-bond donors (Lipinski definition) is 0. The van der Waals surface area contributed by atoms with Gasteiger partial charge in [-0.15, -0.1) is 0 Å². The fourth-order valence-electron chi connectivity index (χ4n) is 1.46. The van der Waals surface area contributed by atoms with Crippen molar-refractivity contribution in [1.82, 2.24) is 0 Å². The topological polar surface area (TPSA) is 81.8 Å². The minimum atomic E-state index is -0.468. The van der Waals surface area contributed by atoms with E-state index < -0.39 is 10.9 Å². The highest BCUT2D eigenvalue weighted by Gasteiger charge is 2.11. The van der Waals surface area contributed by atoms with Crippen LogP contribution in [0.5, 0.6) is 0 Å². The van der Waals surface area contributed by atoms with Gasteiger partial charge in [-0.1, -0.05) is 12.1 Å². The van der Waals surface area contributed by atoms with Crippen LogP contribution < -0.4 is 0 Å². The third-order valence-electron chi connectivity index (χ3n) is 2.54. The molecule has 1 aromatic rings. The second-order valence-electron chi connectivity index (χ2n) is 4.00. The molecule has 19 heavy (non-hydrogen) atoms. The number of benzene rings is 1. The first kappa shape index (κ1) is 14.8. The number of hydrogen-bond acceptors (Lipinski definition) is 5. The van der Waals surface area contributed by atoms with Gasteiger partial charge in [0, 0.05) is 11.6 Å². The van der Waals surface area contributed by atoms with Gasteiger partial charge in [-0.25, -0.2) is 4.79 Å². The molecular weight excluding hydrogens is 248 g/mol. The zero-order valence-corrected chi connectivity index (χ0v) is 11.2. The first-order valence-electron chi connectivity index (χ1n) is 5.87. The van der Waals surface area contributed by atoms with Crippen LogP contribution in [0.3, 0.4) is 0 Å². The van der Waals surface area contributed by atoms with Gasteiger partial charge in [-0.05, 0) is 26.3 Å². The van der Waals surface area contributed by atoms with Crippen molar-refractivity contribution in [3.63, 3.8) is 0 Å². The van der Waals surface area contributed by atoms with Gasteiger partial charge < -0.3 is 4.74 Å². The average Bonchev–Trinajstić information content (AvgIpc) is 2.37. The Hall–Kier alpha value is -2.24. The molecule has 0 aromatic heterocycles. The molecule has 0 saturated heterocycles. The molecule has 6 nitrogen and oxygen atoms in total. The van der Waals surface area contributed by atoms with Crippen molar-refractivity contribution in [1.29, 1.82) is 0 Å². The number of ether oxygens (including phenoxy) is 1. The van der Waals surface area contributed by atoms with Crippen molar-refractivity contribution in [2.75, 3.05) is 6.61 Å². The Labute approximate surface area is 111 Å². The summed E-state index contributed by atoms with van der Waals surface area (Å²) in [5.41, 5.74) is 1.59. The van der Waals surface area contributed by atoms with Crippen LogP contribution in [0.15, 0.2) is 23.2 Å². The van der Waals surface area contributed by atoms with E-state index in [4.69, 9.17) is 4.74 Å². The van der Waals surface area contributed by atoms with E-state index in [0.29, 0.717) is 17.7 Å². The number of carbonyl (C=O) groups excluding carboxylic acids is 1. The third-order valence-corrected chi connectivity index (χ3v) is 2.54. The highest BCUT2D eigenvalue weighted by molar-refractivity contribution is 6.35. The number of nitrogens with zero attached hydrogens (tertiary/aromatic N) is 2. The molecule has 0 atom stereocenters. The van der Waals surface area contributed by atoms with Crippen LogP contribution >= 0.6 is 0 Å². The number of nitro benzene ring substituents is 1. The van der Waals surface area contributed by atoms with E-state index in [0.717, 1.165) is 0 Å². The van der Waals surface area contributed by atoms with Crippen LogP contribution in [0, 0.1) is 17.0 Å². The summed E-state index contributed by atoms with van der Waals surface area (Å²) in [5, 5.41) is 10.8.